The van der Waals surface area contributed by atoms with Crippen LogP contribution in [0.1, 0.15) is 27.3 Å². The van der Waals surface area contributed by atoms with Gasteiger partial charge in [0, 0.05) is 26.7 Å². The van der Waals surface area contributed by atoms with Crippen LogP contribution in [0, 0.1) is 6.92 Å². The van der Waals surface area contributed by atoms with Crippen LogP contribution in [0.2, 0.25) is 0 Å². The maximum absolute atomic E-state index is 10.4. The summed E-state index contributed by atoms with van der Waals surface area (Å²) < 4.78 is 1.03. The maximum atomic E-state index is 10.4. The highest BCUT2D eigenvalue weighted by Gasteiger charge is 2.22. The van der Waals surface area contributed by atoms with Gasteiger partial charge in [0.2, 0.25) is 0 Å². The van der Waals surface area contributed by atoms with Crippen LogP contribution in [-0.4, -0.2) is 11.7 Å². The van der Waals surface area contributed by atoms with E-state index >= 15 is 0 Å². The summed E-state index contributed by atoms with van der Waals surface area (Å²) >= 11 is 5.03. The molecule has 0 aliphatic carbocycles. The lowest BCUT2D eigenvalue weighted by molar-refractivity contribution is 0.151. The van der Waals surface area contributed by atoms with Crippen LogP contribution in [0.4, 0.5) is 0 Å². The Bertz CT molecular complexity index is 509. The van der Waals surface area contributed by atoms with E-state index in [4.69, 9.17) is 5.73 Å². The van der Waals surface area contributed by atoms with Gasteiger partial charge in [0.15, 0.2) is 0 Å². The summed E-state index contributed by atoms with van der Waals surface area (Å²) in [4.78, 5) is 2.18. The van der Waals surface area contributed by atoms with Gasteiger partial charge in [0.1, 0.15) is 0 Å². The summed E-state index contributed by atoms with van der Waals surface area (Å²) in [6.45, 7) is 2.47. The molecule has 18 heavy (non-hydrogen) atoms. The molecule has 0 spiro atoms. The molecule has 0 fully saturated rings. The van der Waals surface area contributed by atoms with Gasteiger partial charge < -0.3 is 10.8 Å². The van der Waals surface area contributed by atoms with E-state index in [9.17, 15) is 5.11 Å². The van der Waals surface area contributed by atoms with Crippen molar-refractivity contribution < 1.29 is 5.11 Å². The molecule has 2 atom stereocenters. The Kier molecular flexibility index (Phi) is 4.56. The Morgan fingerprint density at radius 3 is 2.39 bits per heavy atom. The van der Waals surface area contributed by atoms with Crippen molar-refractivity contribution in [3.05, 3.63) is 56.2 Å². The van der Waals surface area contributed by atoms with Gasteiger partial charge in [-0.3, -0.25) is 0 Å². The Balaban J connectivity index is 2.25. The predicted octanol–water partition coefficient (Wildman–Crippen LogP) is 3.59. The molecule has 4 heteroatoms. The highest BCUT2D eigenvalue weighted by atomic mass is 79.9. The van der Waals surface area contributed by atoms with Gasteiger partial charge in [-0.25, -0.2) is 0 Å². The normalized spacial score (nSPS) is 14.4. The zero-order valence-electron chi connectivity index (χ0n) is 10.1. The van der Waals surface area contributed by atoms with E-state index in [1.807, 2.05) is 43.3 Å². The number of aliphatic hydroxyl groups is 1. The predicted molar refractivity (Wildman–Crippen MR) is 80.0 cm³/mol. The first-order chi connectivity index (χ1) is 8.61. The van der Waals surface area contributed by atoms with Gasteiger partial charge in [0.05, 0.1) is 6.10 Å². The molecule has 0 aliphatic rings. The van der Waals surface area contributed by atoms with Crippen molar-refractivity contribution in [2.75, 3.05) is 6.54 Å². The third-order valence-electron chi connectivity index (χ3n) is 2.99. The minimum Gasteiger partial charge on any atom is -0.387 e. The van der Waals surface area contributed by atoms with E-state index in [1.165, 1.54) is 4.88 Å². The number of aliphatic hydroxyl groups excluding tert-OH is 1. The van der Waals surface area contributed by atoms with Crippen molar-refractivity contribution in [1.29, 1.82) is 0 Å². The first-order valence-electron chi connectivity index (χ1n) is 5.81. The topological polar surface area (TPSA) is 46.2 Å². The molecule has 0 saturated heterocycles. The van der Waals surface area contributed by atoms with E-state index in [1.54, 1.807) is 11.3 Å². The Morgan fingerprint density at radius 1 is 1.22 bits per heavy atom. The molecule has 2 nitrogen and oxygen atoms in total. The second kappa shape index (κ2) is 5.97. The average Bonchev–Trinajstić information content (AvgIpc) is 2.79. The lowest BCUT2D eigenvalue weighted by atomic mass is 9.92. The highest BCUT2D eigenvalue weighted by Crippen LogP contribution is 2.34. The van der Waals surface area contributed by atoms with Crippen LogP contribution < -0.4 is 5.73 Å². The number of nitrogens with two attached hydrogens (primary N) is 1. The van der Waals surface area contributed by atoms with Gasteiger partial charge >= 0.3 is 0 Å². The maximum Gasteiger partial charge on any atom is 0.0962 e. The SMILES string of the molecule is Cc1ccc(C(O)C(CN)c2ccc(Br)cc2)s1. The van der Waals surface area contributed by atoms with Crippen molar-refractivity contribution in [3.8, 4) is 0 Å². The average molecular weight is 326 g/mol. The van der Waals surface area contributed by atoms with Gasteiger partial charge in [-0.1, -0.05) is 28.1 Å². The number of halogens is 1. The molecule has 1 aromatic heterocycles. The monoisotopic (exact) mass is 325 g/mol. The first-order valence-corrected chi connectivity index (χ1v) is 7.42. The van der Waals surface area contributed by atoms with Gasteiger partial charge in [0.25, 0.3) is 0 Å². The zero-order valence-corrected chi connectivity index (χ0v) is 12.5. The highest BCUT2D eigenvalue weighted by molar-refractivity contribution is 9.10. The minimum absolute atomic E-state index is 0.0591. The van der Waals surface area contributed by atoms with Crippen molar-refractivity contribution in [1.82, 2.24) is 0 Å². The first kappa shape index (κ1) is 13.7. The number of hydrogen-bond donors (Lipinski definition) is 2. The molecule has 2 aromatic rings. The van der Waals surface area contributed by atoms with Crippen molar-refractivity contribution in [2.24, 2.45) is 5.73 Å². The second-order valence-electron chi connectivity index (χ2n) is 4.29. The van der Waals surface area contributed by atoms with E-state index in [-0.39, 0.29) is 5.92 Å². The fraction of sp³-hybridized carbons (Fsp3) is 0.286. The molecule has 3 N–H and O–H groups in total. The summed E-state index contributed by atoms with van der Waals surface area (Å²) in [6, 6.07) is 12.0. The van der Waals surface area contributed by atoms with Crippen LogP contribution in [-0.2, 0) is 0 Å². The molecule has 96 valence electrons. The second-order valence-corrected chi connectivity index (χ2v) is 6.52. The number of rotatable bonds is 4. The van der Waals surface area contributed by atoms with E-state index in [0.29, 0.717) is 6.54 Å². The van der Waals surface area contributed by atoms with Gasteiger partial charge in [-0.05, 0) is 36.8 Å². The molecule has 1 aromatic carbocycles. The quantitative estimate of drug-likeness (QED) is 0.902. The summed E-state index contributed by atoms with van der Waals surface area (Å²) in [5.74, 6) is -0.0591. The molecule has 2 unspecified atom stereocenters. The van der Waals surface area contributed by atoms with Crippen molar-refractivity contribution in [3.63, 3.8) is 0 Å². The summed E-state index contributed by atoms with van der Waals surface area (Å²) in [5, 5.41) is 10.4. The van der Waals surface area contributed by atoms with Crippen LogP contribution in [0.25, 0.3) is 0 Å². The lowest BCUT2D eigenvalue weighted by Gasteiger charge is -2.21. The van der Waals surface area contributed by atoms with E-state index < -0.39 is 6.10 Å². The molecular formula is C14H16BrNOS. The van der Waals surface area contributed by atoms with Crippen LogP contribution in [0.5, 0.6) is 0 Å². The Labute approximate surface area is 120 Å². The third-order valence-corrected chi connectivity index (χ3v) is 4.59. The lowest BCUT2D eigenvalue weighted by Crippen LogP contribution is -2.19. The Morgan fingerprint density at radius 2 is 1.89 bits per heavy atom. The van der Waals surface area contributed by atoms with Gasteiger partial charge in [-0.15, -0.1) is 11.3 Å². The van der Waals surface area contributed by atoms with E-state index in [0.717, 1.165) is 14.9 Å². The molecule has 0 bridgehead atoms. The summed E-state index contributed by atoms with van der Waals surface area (Å²) in [5.41, 5.74) is 6.89. The third kappa shape index (κ3) is 3.01. The summed E-state index contributed by atoms with van der Waals surface area (Å²) in [6.07, 6.45) is -0.533. The molecule has 1 heterocycles. The summed E-state index contributed by atoms with van der Waals surface area (Å²) in [7, 11) is 0. The number of benzene rings is 1. The molecule has 0 radical (unpaired) electrons. The van der Waals surface area contributed by atoms with Crippen LogP contribution in [0.3, 0.4) is 0 Å². The fourth-order valence-corrected chi connectivity index (χ4v) is 3.16. The molecule has 0 amide bonds. The number of aryl methyl sites for hydroxylation is 1. The van der Waals surface area contributed by atoms with Crippen molar-refractivity contribution >= 4 is 27.3 Å². The minimum atomic E-state index is -0.533. The van der Waals surface area contributed by atoms with Crippen LogP contribution >= 0.6 is 27.3 Å². The number of thiophene rings is 1. The smallest absolute Gasteiger partial charge is 0.0962 e. The standard InChI is InChI=1S/C14H16BrNOS/c1-9-2-7-13(18-9)14(17)12(8-16)10-3-5-11(15)6-4-10/h2-7,12,14,17H,8,16H2,1H3. The molecular weight excluding hydrogens is 310 g/mol. The largest absolute Gasteiger partial charge is 0.387 e. The van der Waals surface area contributed by atoms with Crippen molar-refractivity contribution in [2.45, 2.75) is 18.9 Å². The van der Waals surface area contributed by atoms with Gasteiger partial charge in [-0.2, -0.15) is 0 Å². The fourth-order valence-electron chi connectivity index (χ4n) is 1.97. The molecule has 0 aliphatic heterocycles. The Hall–Kier alpha value is -0.680. The molecule has 2 rings (SSSR count). The molecule has 0 saturated carbocycles. The van der Waals surface area contributed by atoms with Crippen LogP contribution in [0.15, 0.2) is 40.9 Å². The zero-order chi connectivity index (χ0) is 13.1. The number of hydrogen-bond acceptors (Lipinski definition) is 3. The van der Waals surface area contributed by atoms with E-state index in [2.05, 4.69) is 15.9 Å².